The van der Waals surface area contributed by atoms with Gasteiger partial charge in [0.15, 0.2) is 0 Å². The normalized spacial score (nSPS) is 10.6. The van der Waals surface area contributed by atoms with Crippen LogP contribution >= 0.6 is 23.2 Å². The van der Waals surface area contributed by atoms with E-state index in [-0.39, 0.29) is 0 Å². The molecular formula is C10H8Cl2N4. The molecule has 1 heterocycles. The molecule has 4 nitrogen and oxygen atoms in total. The van der Waals surface area contributed by atoms with Gasteiger partial charge in [0.05, 0.1) is 21.6 Å². The van der Waals surface area contributed by atoms with Crippen LogP contribution in [0.15, 0.2) is 12.1 Å². The Bertz CT molecular complexity index is 556. The quantitative estimate of drug-likeness (QED) is 0.792. The second kappa shape index (κ2) is 4.69. The van der Waals surface area contributed by atoms with Crippen LogP contribution in [0.2, 0.25) is 10.0 Å². The molecule has 16 heavy (non-hydrogen) atoms. The Balaban J connectivity index is 2.33. The van der Waals surface area contributed by atoms with Crippen molar-refractivity contribution in [3.8, 4) is 6.07 Å². The molecule has 2 aromatic rings. The van der Waals surface area contributed by atoms with E-state index < -0.39 is 0 Å². The number of benzene rings is 1. The molecule has 1 aromatic heterocycles. The molecule has 0 N–H and O–H groups in total. The fourth-order valence-electron chi connectivity index (χ4n) is 1.44. The minimum atomic E-state index is 0.471. The number of nitrogens with zero attached hydrogens (tertiary/aromatic N) is 4. The van der Waals surface area contributed by atoms with E-state index in [1.54, 1.807) is 16.8 Å². The van der Waals surface area contributed by atoms with Crippen molar-refractivity contribution in [2.24, 2.45) is 0 Å². The molecule has 0 aliphatic carbocycles. The van der Waals surface area contributed by atoms with Crippen LogP contribution in [0.3, 0.4) is 0 Å². The second-order valence-corrected chi connectivity index (χ2v) is 4.14. The van der Waals surface area contributed by atoms with Crippen molar-refractivity contribution in [2.45, 2.75) is 19.4 Å². The van der Waals surface area contributed by atoms with Crippen LogP contribution in [0.5, 0.6) is 0 Å². The number of halogens is 2. The molecule has 82 valence electrons. The summed E-state index contributed by atoms with van der Waals surface area (Å²) >= 11 is 11.8. The zero-order valence-corrected chi connectivity index (χ0v) is 9.83. The van der Waals surface area contributed by atoms with Crippen molar-refractivity contribution in [1.82, 2.24) is 15.0 Å². The summed E-state index contributed by atoms with van der Waals surface area (Å²) in [6.07, 6.45) is 1.25. The van der Waals surface area contributed by atoms with Crippen molar-refractivity contribution in [3.05, 3.63) is 22.2 Å². The Labute approximate surface area is 102 Å². The number of hydrogen-bond donors (Lipinski definition) is 0. The van der Waals surface area contributed by atoms with Gasteiger partial charge in [0.1, 0.15) is 5.52 Å². The number of fused-ring (bicyclic) bond motifs is 1. The Hall–Kier alpha value is -1.31. The number of rotatable bonds is 3. The molecule has 1 aromatic carbocycles. The van der Waals surface area contributed by atoms with Crippen LogP contribution < -0.4 is 0 Å². The Morgan fingerprint density at radius 2 is 2.06 bits per heavy atom. The summed E-state index contributed by atoms with van der Waals surface area (Å²) in [5.41, 5.74) is 1.55. The first-order valence-corrected chi connectivity index (χ1v) is 5.53. The molecule has 0 aliphatic heterocycles. The Morgan fingerprint density at radius 1 is 1.31 bits per heavy atom. The first-order valence-electron chi connectivity index (χ1n) is 4.77. The van der Waals surface area contributed by atoms with Crippen LogP contribution in [0.4, 0.5) is 0 Å². The number of aromatic nitrogens is 3. The highest BCUT2D eigenvalue weighted by molar-refractivity contribution is 6.42. The van der Waals surface area contributed by atoms with Crippen molar-refractivity contribution >= 4 is 34.2 Å². The van der Waals surface area contributed by atoms with Crippen molar-refractivity contribution in [2.75, 3.05) is 0 Å². The van der Waals surface area contributed by atoms with E-state index in [1.165, 1.54) is 0 Å². The van der Waals surface area contributed by atoms with Gasteiger partial charge in [-0.3, -0.25) is 0 Å². The minimum absolute atomic E-state index is 0.471. The first-order chi connectivity index (χ1) is 7.72. The van der Waals surface area contributed by atoms with Gasteiger partial charge in [-0.2, -0.15) is 5.26 Å². The van der Waals surface area contributed by atoms with Crippen LogP contribution in [0, 0.1) is 11.3 Å². The Kier molecular flexibility index (Phi) is 3.28. The molecular weight excluding hydrogens is 247 g/mol. The lowest BCUT2D eigenvalue weighted by atomic mass is 10.3. The molecule has 0 radical (unpaired) electrons. The summed E-state index contributed by atoms with van der Waals surface area (Å²) in [7, 11) is 0. The summed E-state index contributed by atoms with van der Waals surface area (Å²) in [4.78, 5) is 0. The van der Waals surface area contributed by atoms with Crippen LogP contribution in [0.25, 0.3) is 11.0 Å². The molecule has 0 saturated heterocycles. The average molecular weight is 255 g/mol. The van der Waals surface area contributed by atoms with Gasteiger partial charge in [0.25, 0.3) is 0 Å². The maximum Gasteiger partial charge on any atom is 0.114 e. The predicted molar refractivity (Wildman–Crippen MR) is 62.4 cm³/mol. The van der Waals surface area contributed by atoms with Gasteiger partial charge < -0.3 is 0 Å². The van der Waals surface area contributed by atoms with Crippen molar-refractivity contribution in [1.29, 1.82) is 5.26 Å². The third-order valence-corrected chi connectivity index (χ3v) is 2.94. The molecule has 0 unspecified atom stereocenters. The second-order valence-electron chi connectivity index (χ2n) is 3.33. The van der Waals surface area contributed by atoms with Gasteiger partial charge in [-0.15, -0.1) is 5.10 Å². The van der Waals surface area contributed by atoms with Gasteiger partial charge in [0, 0.05) is 13.0 Å². The van der Waals surface area contributed by atoms with Crippen LogP contribution in [0.1, 0.15) is 12.8 Å². The van der Waals surface area contributed by atoms with Gasteiger partial charge in [-0.1, -0.05) is 28.4 Å². The highest BCUT2D eigenvalue weighted by Gasteiger charge is 2.07. The lowest BCUT2D eigenvalue weighted by Crippen LogP contribution is -1.99. The highest BCUT2D eigenvalue weighted by Crippen LogP contribution is 2.26. The summed E-state index contributed by atoms with van der Waals surface area (Å²) in [6.45, 7) is 0.655. The Morgan fingerprint density at radius 3 is 2.81 bits per heavy atom. The van der Waals surface area contributed by atoms with Gasteiger partial charge in [-0.25, -0.2) is 4.68 Å². The fraction of sp³-hybridized carbons (Fsp3) is 0.300. The molecule has 2 rings (SSSR count). The monoisotopic (exact) mass is 254 g/mol. The number of unbranched alkanes of at least 4 members (excludes halogenated alkanes) is 1. The largest absolute Gasteiger partial charge is 0.245 e. The SMILES string of the molecule is N#CCCCn1nnc2cc(Cl)c(Cl)cc21. The third-order valence-electron chi connectivity index (χ3n) is 2.21. The maximum absolute atomic E-state index is 8.45. The van der Waals surface area contributed by atoms with E-state index in [1.807, 2.05) is 0 Å². The summed E-state index contributed by atoms with van der Waals surface area (Å²) in [6, 6.07) is 5.52. The van der Waals surface area contributed by atoms with Crippen molar-refractivity contribution in [3.63, 3.8) is 0 Å². The molecule has 0 bridgehead atoms. The van der Waals surface area contributed by atoms with Gasteiger partial charge in [0.2, 0.25) is 0 Å². The molecule has 0 fully saturated rings. The van der Waals surface area contributed by atoms with E-state index in [0.29, 0.717) is 28.5 Å². The lowest BCUT2D eigenvalue weighted by Gasteiger charge is -2.00. The fourth-order valence-corrected chi connectivity index (χ4v) is 1.75. The number of aryl methyl sites for hydroxylation is 1. The molecule has 0 atom stereocenters. The lowest BCUT2D eigenvalue weighted by molar-refractivity contribution is 0.580. The van der Waals surface area contributed by atoms with E-state index in [4.69, 9.17) is 28.5 Å². The topological polar surface area (TPSA) is 54.5 Å². The highest BCUT2D eigenvalue weighted by atomic mass is 35.5. The molecule has 0 saturated carbocycles. The smallest absolute Gasteiger partial charge is 0.114 e. The minimum Gasteiger partial charge on any atom is -0.245 e. The maximum atomic E-state index is 8.45. The zero-order chi connectivity index (χ0) is 11.5. The molecule has 0 spiro atoms. The van der Waals surface area contributed by atoms with Gasteiger partial charge >= 0.3 is 0 Å². The summed E-state index contributed by atoms with van der Waals surface area (Å²) in [5.74, 6) is 0. The van der Waals surface area contributed by atoms with E-state index in [9.17, 15) is 0 Å². The van der Waals surface area contributed by atoms with Crippen LogP contribution in [-0.4, -0.2) is 15.0 Å². The zero-order valence-electron chi connectivity index (χ0n) is 8.32. The van der Waals surface area contributed by atoms with E-state index in [0.717, 1.165) is 11.9 Å². The average Bonchev–Trinajstić information content (AvgIpc) is 2.63. The first kappa shape index (κ1) is 11.2. The third kappa shape index (κ3) is 2.11. The predicted octanol–water partition coefficient (Wildman–Crippen LogP) is 3.04. The van der Waals surface area contributed by atoms with E-state index >= 15 is 0 Å². The number of nitriles is 1. The van der Waals surface area contributed by atoms with E-state index in [2.05, 4.69) is 16.4 Å². The molecule has 0 aliphatic rings. The van der Waals surface area contributed by atoms with Gasteiger partial charge in [-0.05, 0) is 18.6 Å². The summed E-state index contributed by atoms with van der Waals surface area (Å²) in [5, 5.41) is 17.4. The molecule has 0 amide bonds. The van der Waals surface area contributed by atoms with Crippen LogP contribution in [-0.2, 0) is 6.54 Å². The summed E-state index contributed by atoms with van der Waals surface area (Å²) < 4.78 is 1.73. The molecule has 6 heteroatoms. The van der Waals surface area contributed by atoms with Crippen molar-refractivity contribution < 1.29 is 0 Å². The number of hydrogen-bond acceptors (Lipinski definition) is 3. The standard InChI is InChI=1S/C10H8Cl2N4/c11-7-5-9-10(6-8(7)12)16(15-14-9)4-2-1-3-13/h5-6H,1-2,4H2.